The molecule has 3 aromatic heterocycles. The van der Waals surface area contributed by atoms with Crippen LogP contribution in [0, 0.1) is 45.3 Å². The van der Waals surface area contributed by atoms with Gasteiger partial charge < -0.3 is 9.97 Å². The fourth-order valence-corrected chi connectivity index (χ4v) is 7.27. The van der Waals surface area contributed by atoms with Gasteiger partial charge in [0.2, 0.25) is 0 Å². The Hall–Kier alpha value is -8.05. The first-order chi connectivity index (χ1) is 27.5. The molecule has 9 heteroatoms. The van der Waals surface area contributed by atoms with Crippen LogP contribution in [0.4, 0.5) is 0 Å². The third kappa shape index (κ3) is 6.59. The van der Waals surface area contributed by atoms with Crippen LogP contribution in [0.15, 0.2) is 121 Å². The van der Waals surface area contributed by atoms with Gasteiger partial charge in [0.1, 0.15) is 0 Å². The fraction of sp³-hybridized carbons (Fsp3) is 0. The van der Waals surface area contributed by atoms with Crippen LogP contribution >= 0.6 is 0 Å². The molecule has 0 aliphatic carbocycles. The quantitative estimate of drug-likeness (QED) is 0.182. The molecule has 0 amide bonds. The first kappa shape index (κ1) is 35.9. The molecule has 0 saturated carbocycles. The van der Waals surface area contributed by atoms with Gasteiger partial charge in [-0.3, -0.25) is 0 Å². The Balaban J connectivity index is 0.00000455. The summed E-state index contributed by atoms with van der Waals surface area (Å²) in [6.45, 7) is 0. The zero-order valence-corrected chi connectivity index (χ0v) is 30.9. The number of benzene rings is 4. The van der Waals surface area contributed by atoms with E-state index in [2.05, 4.69) is 34.2 Å². The number of H-pyrrole nitrogens is 2. The summed E-state index contributed by atoms with van der Waals surface area (Å²) in [5.74, 6) is 0. The molecule has 0 saturated heterocycles. The number of nitriles is 4. The molecular formula is C48H26CoN8. The van der Waals surface area contributed by atoms with Crippen molar-refractivity contribution in [3.63, 3.8) is 0 Å². The van der Waals surface area contributed by atoms with Gasteiger partial charge in [-0.1, -0.05) is 48.5 Å². The van der Waals surface area contributed by atoms with Crippen LogP contribution in [0.25, 0.3) is 90.9 Å². The van der Waals surface area contributed by atoms with Crippen molar-refractivity contribution >= 4 is 46.4 Å². The van der Waals surface area contributed by atoms with Crippen molar-refractivity contribution in [2.45, 2.75) is 0 Å². The van der Waals surface area contributed by atoms with Crippen molar-refractivity contribution in [2.75, 3.05) is 0 Å². The summed E-state index contributed by atoms with van der Waals surface area (Å²) in [4.78, 5) is 17.9. The normalized spacial score (nSPS) is 11.2. The number of aromatic amines is 2. The molecule has 8 bridgehead atoms. The molecule has 9 rings (SSSR count). The summed E-state index contributed by atoms with van der Waals surface area (Å²) in [5, 5.41) is 38.3. The van der Waals surface area contributed by atoms with Crippen molar-refractivity contribution in [2.24, 2.45) is 0 Å². The Morgan fingerprint density at radius 2 is 0.526 bits per heavy atom. The Bertz CT molecular complexity index is 2720. The molecule has 0 atom stereocenters. The van der Waals surface area contributed by atoms with Gasteiger partial charge in [-0.25, -0.2) is 9.97 Å². The van der Waals surface area contributed by atoms with Gasteiger partial charge in [-0.15, -0.1) is 0 Å². The molecule has 2 aliphatic heterocycles. The summed E-state index contributed by atoms with van der Waals surface area (Å²) < 4.78 is 0. The predicted molar refractivity (Wildman–Crippen MR) is 219 cm³/mol. The maximum Gasteiger partial charge on any atom is 0.0991 e. The van der Waals surface area contributed by atoms with Crippen LogP contribution in [0.1, 0.15) is 45.0 Å². The van der Waals surface area contributed by atoms with Crippen LogP contribution in [0.2, 0.25) is 0 Å². The Kier molecular flexibility index (Phi) is 9.46. The zero-order chi connectivity index (χ0) is 38.2. The van der Waals surface area contributed by atoms with Crippen LogP contribution in [-0.4, -0.2) is 19.9 Å². The summed E-state index contributed by atoms with van der Waals surface area (Å²) in [5.41, 5.74) is 15.2. The minimum Gasteiger partial charge on any atom is -0.354 e. The monoisotopic (exact) mass is 773 g/mol. The zero-order valence-electron chi connectivity index (χ0n) is 29.9. The Morgan fingerprint density at radius 1 is 0.316 bits per heavy atom. The molecule has 5 heterocycles. The average molecular weight is 774 g/mol. The topological polar surface area (TPSA) is 153 Å². The summed E-state index contributed by atoms with van der Waals surface area (Å²) in [6, 6.07) is 46.8. The van der Waals surface area contributed by atoms with Gasteiger partial charge in [-0.05, 0) is 119 Å². The van der Waals surface area contributed by atoms with E-state index in [9.17, 15) is 21.0 Å². The van der Waals surface area contributed by atoms with Gasteiger partial charge in [0.25, 0.3) is 0 Å². The van der Waals surface area contributed by atoms with E-state index < -0.39 is 0 Å². The van der Waals surface area contributed by atoms with Gasteiger partial charge in [0.15, 0.2) is 0 Å². The van der Waals surface area contributed by atoms with Crippen molar-refractivity contribution in [3.05, 3.63) is 166 Å². The van der Waals surface area contributed by atoms with E-state index in [1.807, 2.05) is 97.1 Å². The number of rotatable bonds is 4. The molecule has 8 nitrogen and oxygen atoms in total. The molecule has 267 valence electrons. The minimum absolute atomic E-state index is 0. The minimum atomic E-state index is 0. The average Bonchev–Trinajstić information content (AvgIpc) is 4.10. The van der Waals surface area contributed by atoms with Crippen molar-refractivity contribution in [1.82, 2.24) is 19.9 Å². The fourth-order valence-electron chi connectivity index (χ4n) is 7.27. The van der Waals surface area contributed by atoms with Crippen molar-refractivity contribution in [3.8, 4) is 68.8 Å². The molecule has 2 N–H and O–H groups in total. The summed E-state index contributed by atoms with van der Waals surface area (Å²) in [6.07, 6.45) is 8.00. The molecule has 7 aromatic rings. The van der Waals surface area contributed by atoms with E-state index in [0.29, 0.717) is 22.3 Å². The molecule has 4 aromatic carbocycles. The number of hydrogen-bond acceptors (Lipinski definition) is 6. The van der Waals surface area contributed by atoms with E-state index in [1.54, 1.807) is 48.5 Å². The molecule has 0 spiro atoms. The molecular weight excluding hydrogens is 748 g/mol. The van der Waals surface area contributed by atoms with Gasteiger partial charge in [0.05, 0.1) is 69.3 Å². The molecule has 0 fully saturated rings. The largest absolute Gasteiger partial charge is 0.354 e. The first-order valence-corrected chi connectivity index (χ1v) is 17.7. The maximum absolute atomic E-state index is 9.58. The molecule has 57 heavy (non-hydrogen) atoms. The third-order valence-corrected chi connectivity index (χ3v) is 9.96. The second-order valence-corrected chi connectivity index (χ2v) is 13.3. The Morgan fingerprint density at radius 3 is 0.719 bits per heavy atom. The smallest absolute Gasteiger partial charge is 0.0991 e. The Labute approximate surface area is 337 Å². The van der Waals surface area contributed by atoms with Gasteiger partial charge in [0, 0.05) is 61.1 Å². The van der Waals surface area contributed by atoms with Crippen molar-refractivity contribution in [1.29, 1.82) is 21.0 Å². The van der Waals surface area contributed by atoms with Crippen LogP contribution in [0.5, 0.6) is 0 Å². The number of hydrogen-bond donors (Lipinski definition) is 2. The number of nitrogens with one attached hydrogen (secondary N) is 2. The van der Waals surface area contributed by atoms with Gasteiger partial charge in [-0.2, -0.15) is 21.0 Å². The third-order valence-electron chi connectivity index (χ3n) is 9.96. The molecule has 0 unspecified atom stereocenters. The molecule has 2 aliphatic rings. The van der Waals surface area contributed by atoms with E-state index in [1.165, 1.54) is 0 Å². The van der Waals surface area contributed by atoms with Crippen molar-refractivity contribution < 1.29 is 16.8 Å². The van der Waals surface area contributed by atoms with Crippen LogP contribution in [0.3, 0.4) is 0 Å². The summed E-state index contributed by atoms with van der Waals surface area (Å²) >= 11 is 0. The van der Waals surface area contributed by atoms with E-state index in [-0.39, 0.29) is 16.8 Å². The predicted octanol–water partition coefficient (Wildman–Crippen LogP) is 10.8. The standard InChI is InChI=1S/C48H26N8.Co/c49-25-29-1-9-33(10-2-29)45-37-17-19-39(53-37)46(34-11-3-30(26-50)4-12-34)41-21-23-43(55-41)48(36-15-7-32(28-52)8-16-36)44-24-22-42(56-44)47(40-20-18-38(45)54-40)35-13-5-31(27-51)6-14-35;/h1-24,53,56H;. The van der Waals surface area contributed by atoms with Crippen LogP contribution in [-0.2, 0) is 16.8 Å². The number of nitrogens with zero attached hydrogens (tertiary/aromatic N) is 6. The number of fused-ring (bicyclic) bond motifs is 8. The number of aromatic nitrogens is 4. The second kappa shape index (κ2) is 15.0. The first-order valence-electron chi connectivity index (χ1n) is 17.7. The summed E-state index contributed by atoms with van der Waals surface area (Å²) in [7, 11) is 0. The van der Waals surface area contributed by atoms with Gasteiger partial charge >= 0.3 is 0 Å². The van der Waals surface area contributed by atoms with Crippen LogP contribution < -0.4 is 0 Å². The SMILES string of the molecule is N#Cc1ccc(-c2c3nc(c(-c4ccc(C#N)cc4)c4ccc([nH]4)c(-c4ccc(C#N)cc4)c4nc(c(-c5ccc(C#N)cc5)c5ccc2[nH]5)C=C4)C=C3)cc1.[Co]. The van der Waals surface area contributed by atoms with E-state index in [0.717, 1.165) is 89.4 Å². The second-order valence-electron chi connectivity index (χ2n) is 13.3. The molecule has 1 radical (unpaired) electrons. The van der Waals surface area contributed by atoms with E-state index >= 15 is 0 Å². The van der Waals surface area contributed by atoms with E-state index in [4.69, 9.17) is 9.97 Å². The maximum atomic E-state index is 9.58.